The van der Waals surface area contributed by atoms with E-state index >= 15 is 0 Å². The normalized spacial score (nSPS) is 11.2. The molecule has 3 aromatic carbocycles. The topological polar surface area (TPSA) is 66.5 Å². The van der Waals surface area contributed by atoms with Crippen LogP contribution in [0.15, 0.2) is 72.8 Å². The summed E-state index contributed by atoms with van der Waals surface area (Å²) in [6.45, 7) is 2.02. The van der Waals surface area contributed by atoms with Crippen LogP contribution in [0.25, 0.3) is 11.1 Å². The van der Waals surface area contributed by atoms with Crippen LogP contribution < -0.4 is 9.62 Å². The fourth-order valence-corrected chi connectivity index (χ4v) is 4.55. The fraction of sp³-hybridized carbons (Fsp3) is 0.208. The minimum absolute atomic E-state index is 0.167. The van der Waals surface area contributed by atoms with Gasteiger partial charge >= 0.3 is 0 Å². The van der Waals surface area contributed by atoms with Crippen molar-refractivity contribution in [3.63, 3.8) is 0 Å². The molecule has 0 saturated heterocycles. The first-order valence-electron chi connectivity index (χ1n) is 9.94. The molecule has 0 radical (unpaired) electrons. The van der Waals surface area contributed by atoms with Crippen LogP contribution >= 0.6 is 11.6 Å². The van der Waals surface area contributed by atoms with Gasteiger partial charge in [0.25, 0.3) is 0 Å². The van der Waals surface area contributed by atoms with E-state index in [4.69, 9.17) is 11.6 Å². The number of carbonyl (C=O) groups is 1. The molecular formula is C24H25ClN2O3S. The van der Waals surface area contributed by atoms with Gasteiger partial charge in [-0.1, -0.05) is 66.2 Å². The molecule has 0 aliphatic heterocycles. The Morgan fingerprint density at radius 1 is 1.00 bits per heavy atom. The summed E-state index contributed by atoms with van der Waals surface area (Å²) in [6, 6.07) is 22.6. The van der Waals surface area contributed by atoms with Gasteiger partial charge in [0.1, 0.15) is 0 Å². The first kappa shape index (κ1) is 22.8. The largest absolute Gasteiger partial charge is 0.326 e. The number of amides is 1. The molecule has 31 heavy (non-hydrogen) atoms. The van der Waals surface area contributed by atoms with Gasteiger partial charge in [-0.2, -0.15) is 0 Å². The van der Waals surface area contributed by atoms with Crippen LogP contribution in [0.2, 0.25) is 5.02 Å². The van der Waals surface area contributed by atoms with E-state index in [2.05, 4.69) is 5.32 Å². The summed E-state index contributed by atoms with van der Waals surface area (Å²) < 4.78 is 26.0. The Bertz CT molecular complexity index is 1160. The molecule has 0 spiro atoms. The number of para-hydroxylation sites is 1. The molecule has 5 nitrogen and oxygen atoms in total. The maximum absolute atomic E-state index is 12.6. The SMILES string of the molecule is Cc1ccc(Cl)cc1N(CCCC(=O)Nc1ccccc1-c1ccccc1)S(C)(=O)=O. The van der Waals surface area contributed by atoms with E-state index < -0.39 is 10.0 Å². The van der Waals surface area contributed by atoms with Gasteiger partial charge in [0.2, 0.25) is 15.9 Å². The lowest BCUT2D eigenvalue weighted by Gasteiger charge is -2.24. The number of sulfonamides is 1. The minimum atomic E-state index is -3.51. The Hall–Kier alpha value is -2.83. The summed E-state index contributed by atoms with van der Waals surface area (Å²) in [7, 11) is -3.51. The number of aryl methyl sites for hydroxylation is 1. The monoisotopic (exact) mass is 456 g/mol. The van der Waals surface area contributed by atoms with Gasteiger partial charge < -0.3 is 5.32 Å². The lowest BCUT2D eigenvalue weighted by molar-refractivity contribution is -0.116. The molecule has 0 aliphatic rings. The van der Waals surface area contributed by atoms with Crippen LogP contribution in [-0.2, 0) is 14.8 Å². The molecule has 0 unspecified atom stereocenters. The van der Waals surface area contributed by atoms with Crippen molar-refractivity contribution in [2.45, 2.75) is 19.8 Å². The molecule has 7 heteroatoms. The van der Waals surface area contributed by atoms with Gasteiger partial charge in [-0.15, -0.1) is 0 Å². The molecule has 0 aromatic heterocycles. The Morgan fingerprint density at radius 2 is 1.68 bits per heavy atom. The standard InChI is InChI=1S/C24H25ClN2O3S/c1-18-14-15-20(25)17-23(18)27(31(2,29)30)16-8-13-24(28)26-22-12-7-6-11-21(22)19-9-4-3-5-10-19/h3-7,9-12,14-15,17H,8,13,16H2,1-2H3,(H,26,28). The van der Waals surface area contributed by atoms with E-state index in [-0.39, 0.29) is 18.9 Å². The van der Waals surface area contributed by atoms with Crippen LogP contribution in [0.4, 0.5) is 11.4 Å². The number of nitrogens with zero attached hydrogens (tertiary/aromatic N) is 1. The molecule has 0 atom stereocenters. The fourth-order valence-electron chi connectivity index (χ4n) is 3.37. The smallest absolute Gasteiger partial charge is 0.232 e. The molecule has 162 valence electrons. The van der Waals surface area contributed by atoms with Crippen LogP contribution in [-0.4, -0.2) is 27.1 Å². The van der Waals surface area contributed by atoms with E-state index in [9.17, 15) is 13.2 Å². The van der Waals surface area contributed by atoms with Crippen molar-refractivity contribution in [1.82, 2.24) is 0 Å². The second-order valence-electron chi connectivity index (χ2n) is 7.33. The molecular weight excluding hydrogens is 432 g/mol. The first-order chi connectivity index (χ1) is 14.8. The average molecular weight is 457 g/mol. The highest BCUT2D eigenvalue weighted by atomic mass is 35.5. The van der Waals surface area contributed by atoms with Crippen molar-refractivity contribution >= 4 is 38.9 Å². The Balaban J connectivity index is 1.68. The maximum Gasteiger partial charge on any atom is 0.232 e. The zero-order valence-corrected chi connectivity index (χ0v) is 19.1. The Kier molecular flexibility index (Phi) is 7.36. The van der Waals surface area contributed by atoms with Crippen LogP contribution in [0.1, 0.15) is 18.4 Å². The van der Waals surface area contributed by atoms with Crippen molar-refractivity contribution in [1.29, 1.82) is 0 Å². The van der Waals surface area contributed by atoms with E-state index in [1.165, 1.54) is 4.31 Å². The summed E-state index contributed by atoms with van der Waals surface area (Å²) in [6.07, 6.45) is 1.72. The average Bonchev–Trinajstić information content (AvgIpc) is 2.73. The van der Waals surface area contributed by atoms with Crippen molar-refractivity contribution < 1.29 is 13.2 Å². The van der Waals surface area contributed by atoms with Gasteiger partial charge in [0.15, 0.2) is 0 Å². The zero-order chi connectivity index (χ0) is 22.4. The highest BCUT2D eigenvalue weighted by molar-refractivity contribution is 7.92. The number of anilines is 2. The second-order valence-corrected chi connectivity index (χ2v) is 9.67. The molecule has 0 aliphatic carbocycles. The molecule has 0 heterocycles. The molecule has 1 amide bonds. The van der Waals surface area contributed by atoms with E-state index in [1.807, 2.05) is 61.5 Å². The summed E-state index contributed by atoms with van der Waals surface area (Å²) in [5.74, 6) is -0.167. The molecule has 1 N–H and O–H groups in total. The molecule has 3 rings (SSSR count). The summed E-state index contributed by atoms with van der Waals surface area (Å²) in [5.41, 5.74) is 4.01. The van der Waals surface area contributed by atoms with Gasteiger partial charge in [-0.25, -0.2) is 8.42 Å². The lowest BCUT2D eigenvalue weighted by Crippen LogP contribution is -2.32. The van der Waals surface area contributed by atoms with E-state index in [0.29, 0.717) is 17.1 Å². The van der Waals surface area contributed by atoms with Gasteiger partial charge in [-0.05, 0) is 42.7 Å². The van der Waals surface area contributed by atoms with Crippen LogP contribution in [0.5, 0.6) is 0 Å². The number of benzene rings is 3. The number of nitrogens with one attached hydrogen (secondary N) is 1. The van der Waals surface area contributed by atoms with Crippen LogP contribution in [0.3, 0.4) is 0 Å². The van der Waals surface area contributed by atoms with E-state index in [0.717, 1.165) is 28.6 Å². The Labute approximate surface area is 188 Å². The van der Waals surface area contributed by atoms with Crippen LogP contribution in [0, 0.1) is 6.92 Å². The lowest BCUT2D eigenvalue weighted by atomic mass is 10.0. The minimum Gasteiger partial charge on any atom is -0.326 e. The molecule has 0 fully saturated rings. The third-order valence-electron chi connectivity index (χ3n) is 4.89. The third-order valence-corrected chi connectivity index (χ3v) is 6.31. The quantitative estimate of drug-likeness (QED) is 0.486. The highest BCUT2D eigenvalue weighted by Crippen LogP contribution is 2.28. The number of hydrogen-bond donors (Lipinski definition) is 1. The molecule has 3 aromatic rings. The molecule has 0 bridgehead atoms. The number of halogens is 1. The van der Waals surface area contributed by atoms with Crippen molar-refractivity contribution in [2.75, 3.05) is 22.4 Å². The summed E-state index contributed by atoms with van der Waals surface area (Å²) in [4.78, 5) is 12.6. The van der Waals surface area contributed by atoms with Crippen molar-refractivity contribution in [3.05, 3.63) is 83.4 Å². The van der Waals surface area contributed by atoms with E-state index in [1.54, 1.807) is 18.2 Å². The number of carbonyl (C=O) groups excluding carboxylic acids is 1. The summed E-state index contributed by atoms with van der Waals surface area (Å²) >= 11 is 6.07. The Morgan fingerprint density at radius 3 is 2.39 bits per heavy atom. The predicted octanol–water partition coefficient (Wildman–Crippen LogP) is 5.50. The van der Waals surface area contributed by atoms with Crippen molar-refractivity contribution in [3.8, 4) is 11.1 Å². The number of rotatable bonds is 8. The van der Waals surface area contributed by atoms with Gasteiger partial charge in [-0.3, -0.25) is 9.10 Å². The highest BCUT2D eigenvalue weighted by Gasteiger charge is 2.20. The first-order valence-corrected chi connectivity index (χ1v) is 12.2. The van der Waals surface area contributed by atoms with Crippen molar-refractivity contribution in [2.24, 2.45) is 0 Å². The third kappa shape index (κ3) is 6.09. The maximum atomic E-state index is 12.6. The predicted molar refractivity (Wildman–Crippen MR) is 128 cm³/mol. The van der Waals surface area contributed by atoms with Gasteiger partial charge in [0, 0.05) is 29.2 Å². The number of hydrogen-bond acceptors (Lipinski definition) is 3. The van der Waals surface area contributed by atoms with Gasteiger partial charge in [0.05, 0.1) is 11.9 Å². The molecule has 0 saturated carbocycles. The second kappa shape index (κ2) is 9.98. The zero-order valence-electron chi connectivity index (χ0n) is 17.5. The summed E-state index contributed by atoms with van der Waals surface area (Å²) in [5, 5.41) is 3.42.